The number of rotatable bonds is 6. The van der Waals surface area contributed by atoms with Crippen molar-refractivity contribution >= 4 is 6.09 Å². The number of benzene rings is 3. The number of halogens is 2. The lowest BCUT2D eigenvalue weighted by Crippen LogP contribution is -2.36. The van der Waals surface area contributed by atoms with E-state index in [9.17, 15) is 23.8 Å². The first-order valence-corrected chi connectivity index (χ1v) is 9.99. The minimum atomic E-state index is -1.69. The number of aliphatic hydroxyl groups is 2. The summed E-state index contributed by atoms with van der Waals surface area (Å²) in [6.45, 7) is -0.338. The summed E-state index contributed by atoms with van der Waals surface area (Å²) >= 11 is 0. The van der Waals surface area contributed by atoms with Crippen LogP contribution in [0.1, 0.15) is 28.7 Å². The Hall–Kier alpha value is -3.49. The Labute approximate surface area is 182 Å². The standard InChI is InChI=1S/C24H21F2NO5/c25-19-9-13(10-20(26)23(19)30)22(29)21(28)11-27-24(31)32-12-18-16-7-3-1-5-14(16)15-6-2-4-8-17(15)18/h1-10,18,21-22,28-30H,11-12H2,(H,27,31). The van der Waals surface area contributed by atoms with Gasteiger partial charge in [0.05, 0.1) is 0 Å². The van der Waals surface area contributed by atoms with E-state index in [2.05, 4.69) is 5.32 Å². The van der Waals surface area contributed by atoms with Gasteiger partial charge in [-0.2, -0.15) is 0 Å². The topological polar surface area (TPSA) is 99.0 Å². The van der Waals surface area contributed by atoms with E-state index in [4.69, 9.17) is 9.84 Å². The van der Waals surface area contributed by atoms with Crippen molar-refractivity contribution in [3.63, 3.8) is 0 Å². The van der Waals surface area contributed by atoms with Crippen LogP contribution in [0.4, 0.5) is 13.6 Å². The Morgan fingerprint density at radius 2 is 1.50 bits per heavy atom. The fourth-order valence-corrected chi connectivity index (χ4v) is 3.93. The van der Waals surface area contributed by atoms with E-state index in [1.165, 1.54) is 0 Å². The summed E-state index contributed by atoms with van der Waals surface area (Å²) in [5, 5.41) is 31.7. The van der Waals surface area contributed by atoms with Gasteiger partial charge in [-0.05, 0) is 39.9 Å². The number of alkyl carbamates (subject to hydrolysis) is 1. The molecule has 3 aromatic rings. The van der Waals surface area contributed by atoms with Crippen LogP contribution >= 0.6 is 0 Å². The molecule has 0 radical (unpaired) electrons. The first kappa shape index (κ1) is 21.7. The lowest BCUT2D eigenvalue weighted by Gasteiger charge is -2.19. The molecule has 0 spiro atoms. The Morgan fingerprint density at radius 3 is 2.06 bits per heavy atom. The van der Waals surface area contributed by atoms with Gasteiger partial charge in [-0.15, -0.1) is 0 Å². The van der Waals surface area contributed by atoms with Crippen molar-refractivity contribution in [2.45, 2.75) is 18.1 Å². The number of fused-ring (bicyclic) bond motifs is 3. The lowest BCUT2D eigenvalue weighted by atomic mass is 9.98. The number of aromatic hydroxyl groups is 1. The Morgan fingerprint density at radius 1 is 0.969 bits per heavy atom. The molecule has 0 saturated carbocycles. The number of hydrogen-bond donors (Lipinski definition) is 4. The summed E-state index contributed by atoms with van der Waals surface area (Å²) in [7, 11) is 0. The zero-order valence-corrected chi connectivity index (χ0v) is 16.8. The molecular formula is C24H21F2NO5. The van der Waals surface area contributed by atoms with E-state index < -0.39 is 42.2 Å². The smallest absolute Gasteiger partial charge is 0.407 e. The fraction of sp³-hybridized carbons (Fsp3) is 0.208. The van der Waals surface area contributed by atoms with E-state index in [0.29, 0.717) is 12.1 Å². The molecule has 2 atom stereocenters. The second kappa shape index (κ2) is 8.94. The van der Waals surface area contributed by atoms with Gasteiger partial charge in [-0.25, -0.2) is 13.6 Å². The zero-order chi connectivity index (χ0) is 22.8. The first-order valence-electron chi connectivity index (χ1n) is 9.99. The van der Waals surface area contributed by atoms with E-state index in [1.54, 1.807) is 0 Å². The highest BCUT2D eigenvalue weighted by atomic mass is 19.1. The molecule has 1 aliphatic carbocycles. The molecule has 4 N–H and O–H groups in total. The van der Waals surface area contributed by atoms with Crippen LogP contribution in [-0.4, -0.2) is 40.7 Å². The number of carbonyl (C=O) groups is 1. The molecule has 8 heteroatoms. The molecule has 6 nitrogen and oxygen atoms in total. The molecule has 4 rings (SSSR count). The van der Waals surface area contributed by atoms with Gasteiger partial charge in [0.15, 0.2) is 17.4 Å². The van der Waals surface area contributed by atoms with Gasteiger partial charge in [0.2, 0.25) is 0 Å². The third kappa shape index (κ3) is 4.15. The minimum absolute atomic E-state index is 0.0763. The number of aliphatic hydroxyl groups excluding tert-OH is 2. The second-order valence-corrected chi connectivity index (χ2v) is 7.55. The van der Waals surface area contributed by atoms with Crippen molar-refractivity contribution < 1.29 is 33.6 Å². The molecule has 32 heavy (non-hydrogen) atoms. The van der Waals surface area contributed by atoms with Crippen LogP contribution in [0.25, 0.3) is 11.1 Å². The van der Waals surface area contributed by atoms with Gasteiger partial charge in [-0.3, -0.25) is 0 Å². The highest BCUT2D eigenvalue weighted by molar-refractivity contribution is 5.79. The van der Waals surface area contributed by atoms with Crippen molar-refractivity contribution in [1.82, 2.24) is 5.32 Å². The summed E-state index contributed by atoms with van der Waals surface area (Å²) < 4.78 is 32.3. The van der Waals surface area contributed by atoms with Crippen molar-refractivity contribution in [3.8, 4) is 16.9 Å². The summed E-state index contributed by atoms with van der Waals surface area (Å²) in [6, 6.07) is 17.2. The number of ether oxygens (including phenoxy) is 1. The number of hydrogen-bond acceptors (Lipinski definition) is 5. The highest BCUT2D eigenvalue weighted by Crippen LogP contribution is 2.44. The van der Waals surface area contributed by atoms with E-state index in [0.717, 1.165) is 22.3 Å². The fourth-order valence-electron chi connectivity index (χ4n) is 3.93. The van der Waals surface area contributed by atoms with Crippen molar-refractivity contribution in [2.24, 2.45) is 0 Å². The number of amides is 1. The SMILES string of the molecule is O=C(NCC(O)C(O)c1cc(F)c(O)c(F)c1)OCC1c2ccccc2-c2ccccc21. The maximum atomic E-state index is 13.5. The molecule has 1 aliphatic rings. The first-order chi connectivity index (χ1) is 15.4. The molecule has 1 amide bonds. The van der Waals surface area contributed by atoms with Crippen LogP contribution in [0, 0.1) is 11.6 Å². The molecule has 3 aromatic carbocycles. The monoisotopic (exact) mass is 441 g/mol. The largest absolute Gasteiger partial charge is 0.503 e. The molecule has 0 fully saturated rings. The van der Waals surface area contributed by atoms with Gasteiger partial charge in [0.1, 0.15) is 18.8 Å². The molecule has 0 saturated heterocycles. The number of nitrogens with one attached hydrogen (secondary N) is 1. The maximum absolute atomic E-state index is 13.5. The Kier molecular flexibility index (Phi) is 6.07. The molecule has 0 aliphatic heterocycles. The molecule has 0 aromatic heterocycles. The van der Waals surface area contributed by atoms with Crippen LogP contribution in [0.3, 0.4) is 0 Å². The van der Waals surface area contributed by atoms with Crippen LogP contribution in [0.2, 0.25) is 0 Å². The number of phenols is 1. The average molecular weight is 441 g/mol. The molecule has 0 bridgehead atoms. The van der Waals surface area contributed by atoms with Gasteiger partial charge in [-0.1, -0.05) is 48.5 Å². The van der Waals surface area contributed by atoms with Crippen molar-refractivity contribution in [1.29, 1.82) is 0 Å². The third-order valence-electron chi connectivity index (χ3n) is 5.54. The van der Waals surface area contributed by atoms with Crippen LogP contribution < -0.4 is 5.32 Å². The third-order valence-corrected chi connectivity index (χ3v) is 5.54. The molecule has 2 unspecified atom stereocenters. The van der Waals surface area contributed by atoms with Crippen LogP contribution in [0.15, 0.2) is 60.7 Å². The summed E-state index contributed by atoms with van der Waals surface area (Å²) in [6.07, 6.45) is -4.05. The van der Waals surface area contributed by atoms with Gasteiger partial charge >= 0.3 is 6.09 Å². The Balaban J connectivity index is 1.35. The number of phenolic OH excluding ortho intramolecular Hbond substituents is 1. The number of carbonyl (C=O) groups excluding carboxylic acids is 1. The minimum Gasteiger partial charge on any atom is -0.503 e. The maximum Gasteiger partial charge on any atom is 0.407 e. The predicted octanol–water partition coefficient (Wildman–Crippen LogP) is 3.60. The van der Waals surface area contributed by atoms with Crippen LogP contribution in [0.5, 0.6) is 5.75 Å². The van der Waals surface area contributed by atoms with Crippen molar-refractivity contribution in [2.75, 3.05) is 13.2 Å². The average Bonchev–Trinajstić information content (AvgIpc) is 3.12. The summed E-state index contributed by atoms with van der Waals surface area (Å²) in [5.74, 6) is -3.84. The molecular weight excluding hydrogens is 420 g/mol. The highest BCUT2D eigenvalue weighted by Gasteiger charge is 2.29. The van der Waals surface area contributed by atoms with Crippen LogP contribution in [-0.2, 0) is 4.74 Å². The van der Waals surface area contributed by atoms with Gasteiger partial charge < -0.3 is 25.4 Å². The second-order valence-electron chi connectivity index (χ2n) is 7.55. The quantitative estimate of drug-likeness (QED) is 0.469. The normalized spacial score (nSPS) is 14.4. The van der Waals surface area contributed by atoms with E-state index in [1.807, 2.05) is 48.5 Å². The summed E-state index contributed by atoms with van der Waals surface area (Å²) in [5.41, 5.74) is 3.99. The van der Waals surface area contributed by atoms with Gasteiger partial charge in [0.25, 0.3) is 0 Å². The Bertz CT molecular complexity index is 1080. The zero-order valence-electron chi connectivity index (χ0n) is 16.8. The predicted molar refractivity (Wildman–Crippen MR) is 112 cm³/mol. The summed E-state index contributed by atoms with van der Waals surface area (Å²) in [4.78, 5) is 12.2. The molecule has 0 heterocycles. The van der Waals surface area contributed by atoms with Gasteiger partial charge in [0, 0.05) is 12.5 Å². The van der Waals surface area contributed by atoms with Crippen molar-refractivity contribution in [3.05, 3.63) is 89.0 Å². The van der Waals surface area contributed by atoms with E-state index in [-0.39, 0.29) is 18.1 Å². The van der Waals surface area contributed by atoms with E-state index >= 15 is 0 Å². The molecule has 166 valence electrons. The lowest BCUT2D eigenvalue weighted by molar-refractivity contribution is 0.0181.